The fourth-order valence-electron chi connectivity index (χ4n) is 2.81. The second-order valence-corrected chi connectivity index (χ2v) is 6.57. The molecule has 1 heterocycles. The Morgan fingerprint density at radius 2 is 1.79 bits per heavy atom. The molecule has 0 spiro atoms. The number of rotatable bonds is 4. The zero-order valence-electron chi connectivity index (χ0n) is 14.1. The van der Waals surface area contributed by atoms with Crippen LogP contribution in [-0.4, -0.2) is 24.5 Å². The van der Waals surface area contributed by atoms with Gasteiger partial charge in [0.1, 0.15) is 11.9 Å². The van der Waals surface area contributed by atoms with Crippen LogP contribution in [0.4, 0.5) is 22.4 Å². The highest BCUT2D eigenvalue weighted by atomic mass is 35.5. The van der Waals surface area contributed by atoms with Gasteiger partial charge < -0.3 is 16.0 Å². The molecule has 0 radical (unpaired) electrons. The molecule has 3 rings (SSSR count). The van der Waals surface area contributed by atoms with Crippen molar-refractivity contribution in [2.24, 2.45) is 0 Å². The number of halogens is 5. The van der Waals surface area contributed by atoms with Crippen LogP contribution in [0.25, 0.3) is 0 Å². The fraction of sp³-hybridized carbons (Fsp3) is 0.222. The number of hydrogen-bond donors (Lipinski definition) is 3. The van der Waals surface area contributed by atoms with E-state index in [0.29, 0.717) is 22.7 Å². The third-order valence-corrected chi connectivity index (χ3v) is 4.46. The molecule has 2 atom stereocenters. The lowest BCUT2D eigenvalue weighted by atomic mass is 9.96. The third kappa shape index (κ3) is 4.36. The van der Waals surface area contributed by atoms with Gasteiger partial charge in [-0.2, -0.15) is 13.2 Å². The quantitative estimate of drug-likeness (QED) is 0.670. The fourth-order valence-corrected chi connectivity index (χ4v) is 2.94. The molecule has 1 unspecified atom stereocenters. The molecule has 1 aliphatic rings. The van der Waals surface area contributed by atoms with Crippen LogP contribution in [0.1, 0.15) is 22.7 Å². The monoisotopic (exact) mass is 415 g/mol. The molecule has 1 aliphatic heterocycles. The second-order valence-electron chi connectivity index (χ2n) is 6.14. The molecule has 0 aliphatic carbocycles. The minimum atomic E-state index is -4.89. The van der Waals surface area contributed by atoms with Crippen LogP contribution in [-0.2, 0) is 11.0 Å². The third-order valence-electron chi connectivity index (χ3n) is 4.21. The van der Waals surface area contributed by atoms with Gasteiger partial charge >= 0.3 is 12.2 Å². The Balaban J connectivity index is 1.98. The second kappa shape index (κ2) is 7.67. The summed E-state index contributed by atoms with van der Waals surface area (Å²) in [7, 11) is 0. The molecule has 0 bridgehead atoms. The highest BCUT2D eigenvalue weighted by Crippen LogP contribution is 2.34. The molecule has 1 fully saturated rings. The summed E-state index contributed by atoms with van der Waals surface area (Å²) in [5, 5.41) is 7.82. The van der Waals surface area contributed by atoms with E-state index in [0.717, 1.165) is 6.07 Å². The van der Waals surface area contributed by atoms with Crippen LogP contribution < -0.4 is 16.0 Å². The van der Waals surface area contributed by atoms with Gasteiger partial charge in [-0.25, -0.2) is 9.18 Å². The molecule has 0 saturated carbocycles. The average molecular weight is 416 g/mol. The molecule has 10 heteroatoms. The van der Waals surface area contributed by atoms with Crippen LogP contribution in [0.5, 0.6) is 0 Å². The van der Waals surface area contributed by atoms with E-state index in [1.807, 2.05) is 0 Å². The maximum absolute atomic E-state index is 13.7. The maximum Gasteiger partial charge on any atom is 0.419 e. The first-order chi connectivity index (χ1) is 13.1. The van der Waals surface area contributed by atoms with E-state index in [-0.39, 0.29) is 12.1 Å². The maximum atomic E-state index is 13.7. The van der Waals surface area contributed by atoms with Gasteiger partial charge in [-0.15, -0.1) is 0 Å². The van der Waals surface area contributed by atoms with Crippen molar-refractivity contribution >= 4 is 23.5 Å². The smallest absolute Gasteiger partial charge is 0.343 e. The molecule has 2 aromatic carbocycles. The summed E-state index contributed by atoms with van der Waals surface area (Å²) in [5.74, 6) is -2.01. The number of nitrogens with one attached hydrogen (secondary N) is 3. The number of amides is 3. The van der Waals surface area contributed by atoms with E-state index in [1.165, 1.54) is 24.3 Å². The number of urea groups is 1. The molecule has 1 saturated heterocycles. The predicted molar refractivity (Wildman–Crippen MR) is 93.2 cm³/mol. The number of hydrogen-bond acceptors (Lipinski definition) is 2. The SMILES string of the molecule is O=C1NC[C@@H](C(=O)NC(c2ccc(Cl)cc2)c2ccc(F)c(C(F)(F)F)c2)N1. The summed E-state index contributed by atoms with van der Waals surface area (Å²) in [6.07, 6.45) is -4.89. The van der Waals surface area contributed by atoms with Crippen LogP contribution in [0.15, 0.2) is 42.5 Å². The molecule has 3 N–H and O–H groups in total. The van der Waals surface area contributed by atoms with Crippen molar-refractivity contribution in [1.82, 2.24) is 16.0 Å². The van der Waals surface area contributed by atoms with E-state index >= 15 is 0 Å². The van der Waals surface area contributed by atoms with E-state index < -0.39 is 41.6 Å². The Kier molecular flexibility index (Phi) is 5.46. The van der Waals surface area contributed by atoms with Gasteiger partial charge in [-0.05, 0) is 35.4 Å². The number of carbonyl (C=O) groups is 2. The van der Waals surface area contributed by atoms with Crippen molar-refractivity contribution in [3.63, 3.8) is 0 Å². The Morgan fingerprint density at radius 3 is 2.36 bits per heavy atom. The average Bonchev–Trinajstić information content (AvgIpc) is 3.07. The molecular weight excluding hydrogens is 402 g/mol. The molecule has 5 nitrogen and oxygen atoms in total. The van der Waals surface area contributed by atoms with Crippen molar-refractivity contribution in [1.29, 1.82) is 0 Å². The lowest BCUT2D eigenvalue weighted by Crippen LogP contribution is -2.44. The zero-order chi connectivity index (χ0) is 20.5. The predicted octanol–water partition coefficient (Wildman–Crippen LogP) is 3.38. The molecule has 3 amide bonds. The van der Waals surface area contributed by atoms with Crippen molar-refractivity contribution in [2.45, 2.75) is 18.3 Å². The summed E-state index contributed by atoms with van der Waals surface area (Å²) in [5.41, 5.74) is -0.967. The van der Waals surface area contributed by atoms with Crippen LogP contribution in [0.2, 0.25) is 5.02 Å². The minimum Gasteiger partial charge on any atom is -0.343 e. The zero-order valence-corrected chi connectivity index (χ0v) is 14.9. The van der Waals surface area contributed by atoms with E-state index in [2.05, 4.69) is 16.0 Å². The van der Waals surface area contributed by atoms with Gasteiger partial charge in [0.15, 0.2) is 0 Å². The van der Waals surface area contributed by atoms with Gasteiger partial charge in [-0.3, -0.25) is 4.79 Å². The van der Waals surface area contributed by atoms with Crippen LogP contribution in [0.3, 0.4) is 0 Å². The normalized spacial score (nSPS) is 17.6. The Morgan fingerprint density at radius 1 is 1.14 bits per heavy atom. The summed E-state index contributed by atoms with van der Waals surface area (Å²) < 4.78 is 52.9. The van der Waals surface area contributed by atoms with E-state index in [4.69, 9.17) is 11.6 Å². The van der Waals surface area contributed by atoms with Gasteiger partial charge in [-0.1, -0.05) is 29.8 Å². The first-order valence-electron chi connectivity index (χ1n) is 8.12. The Labute approximate surface area is 162 Å². The van der Waals surface area contributed by atoms with Crippen LogP contribution >= 0.6 is 11.6 Å². The minimum absolute atomic E-state index is 0.0293. The Hall–Kier alpha value is -2.81. The van der Waals surface area contributed by atoms with Gasteiger partial charge in [0.05, 0.1) is 11.6 Å². The number of benzene rings is 2. The molecule has 28 heavy (non-hydrogen) atoms. The molecule has 0 aromatic heterocycles. The first-order valence-corrected chi connectivity index (χ1v) is 8.50. The van der Waals surface area contributed by atoms with E-state index in [1.54, 1.807) is 0 Å². The Bertz CT molecular complexity index is 903. The topological polar surface area (TPSA) is 70.2 Å². The highest BCUT2D eigenvalue weighted by molar-refractivity contribution is 6.30. The number of alkyl halides is 3. The lowest BCUT2D eigenvalue weighted by Gasteiger charge is -2.23. The molecule has 2 aromatic rings. The van der Waals surface area contributed by atoms with Crippen LogP contribution in [0, 0.1) is 5.82 Å². The number of carbonyl (C=O) groups excluding carboxylic acids is 2. The molecule has 148 valence electrons. The van der Waals surface area contributed by atoms with Gasteiger partial charge in [0.25, 0.3) is 0 Å². The lowest BCUT2D eigenvalue weighted by molar-refractivity contribution is -0.140. The van der Waals surface area contributed by atoms with Gasteiger partial charge in [0.2, 0.25) is 5.91 Å². The van der Waals surface area contributed by atoms with Gasteiger partial charge in [0, 0.05) is 11.6 Å². The standard InChI is InChI=1S/C18H14ClF4N3O2/c19-11-4-1-9(2-5-11)15(26-16(27)14-8-24-17(28)25-14)10-3-6-13(20)12(7-10)18(21,22)23/h1-7,14-15H,8H2,(H,26,27)(H2,24,25,28)/t14-,15?/m0/s1. The largest absolute Gasteiger partial charge is 0.419 e. The van der Waals surface area contributed by atoms with Crippen molar-refractivity contribution in [3.8, 4) is 0 Å². The van der Waals surface area contributed by atoms with Crippen molar-refractivity contribution in [3.05, 3.63) is 70.0 Å². The van der Waals surface area contributed by atoms with E-state index in [9.17, 15) is 27.2 Å². The van der Waals surface area contributed by atoms with Crippen molar-refractivity contribution < 1.29 is 27.2 Å². The highest BCUT2D eigenvalue weighted by Gasteiger charge is 2.35. The summed E-state index contributed by atoms with van der Waals surface area (Å²) in [6.45, 7) is 0.0369. The summed E-state index contributed by atoms with van der Waals surface area (Å²) >= 11 is 5.85. The first kappa shape index (κ1) is 19.9. The molecular formula is C18H14ClF4N3O2. The van der Waals surface area contributed by atoms with Crippen molar-refractivity contribution in [2.75, 3.05) is 6.54 Å². The summed E-state index contributed by atoms with van der Waals surface area (Å²) in [6, 6.07) is 6.21. The summed E-state index contributed by atoms with van der Waals surface area (Å²) in [4.78, 5) is 23.7.